The van der Waals surface area contributed by atoms with E-state index >= 15 is 0 Å². The number of nitrogens with zero attached hydrogens (tertiary/aromatic N) is 1. The Kier molecular flexibility index (Phi) is 5.51. The van der Waals surface area contributed by atoms with E-state index in [1.54, 1.807) is 0 Å². The molecule has 1 aromatic rings. The zero-order valence-electron chi connectivity index (χ0n) is 10.7. The third-order valence-electron chi connectivity index (χ3n) is 2.41. The molecular formula is C14H19NO2. The van der Waals surface area contributed by atoms with Crippen LogP contribution >= 0.6 is 0 Å². The molecule has 17 heavy (non-hydrogen) atoms. The molecule has 0 atom stereocenters. The first-order valence-corrected chi connectivity index (χ1v) is 5.91. The fraction of sp³-hybridized carbons (Fsp3) is 0.500. The van der Waals surface area contributed by atoms with Gasteiger partial charge in [-0.2, -0.15) is 5.26 Å². The molecule has 3 nitrogen and oxygen atoms in total. The fourth-order valence-electron chi connectivity index (χ4n) is 1.69. The highest BCUT2D eigenvalue weighted by atomic mass is 16.5. The molecule has 0 fully saturated rings. The summed E-state index contributed by atoms with van der Waals surface area (Å²) in [5.74, 6) is 0.865. The topological polar surface area (TPSA) is 42.2 Å². The normalized spacial score (nSPS) is 10.0. The van der Waals surface area contributed by atoms with E-state index in [9.17, 15) is 0 Å². The second-order valence-corrected chi connectivity index (χ2v) is 4.01. The molecule has 0 saturated heterocycles. The Morgan fingerprint density at radius 3 is 2.29 bits per heavy atom. The van der Waals surface area contributed by atoms with Crippen molar-refractivity contribution in [2.75, 3.05) is 19.8 Å². The highest BCUT2D eigenvalue weighted by Gasteiger charge is 2.06. The maximum Gasteiger partial charge on any atom is 0.125 e. The summed E-state index contributed by atoms with van der Waals surface area (Å²) in [5, 5.41) is 8.84. The van der Waals surface area contributed by atoms with Crippen LogP contribution in [0.5, 0.6) is 5.75 Å². The zero-order chi connectivity index (χ0) is 12.7. The largest absolute Gasteiger partial charge is 0.491 e. The third kappa shape index (κ3) is 4.08. The number of ether oxygens (including phenoxy) is 2. The molecule has 0 N–H and O–H groups in total. The molecule has 92 valence electrons. The highest BCUT2D eigenvalue weighted by molar-refractivity contribution is 5.47. The summed E-state index contributed by atoms with van der Waals surface area (Å²) in [6.45, 7) is 7.91. The lowest BCUT2D eigenvalue weighted by molar-refractivity contribution is 0.100. The van der Waals surface area contributed by atoms with Crippen molar-refractivity contribution in [2.45, 2.75) is 27.2 Å². The van der Waals surface area contributed by atoms with Crippen molar-refractivity contribution >= 4 is 0 Å². The van der Waals surface area contributed by atoms with Gasteiger partial charge in [0.15, 0.2) is 0 Å². The van der Waals surface area contributed by atoms with Gasteiger partial charge in [0, 0.05) is 6.61 Å². The van der Waals surface area contributed by atoms with Crippen molar-refractivity contribution in [2.24, 2.45) is 0 Å². The van der Waals surface area contributed by atoms with Crippen molar-refractivity contribution in [3.8, 4) is 11.8 Å². The third-order valence-corrected chi connectivity index (χ3v) is 2.41. The summed E-state index contributed by atoms with van der Waals surface area (Å²) in [6.07, 6.45) is 1.02. The predicted molar refractivity (Wildman–Crippen MR) is 67.2 cm³/mol. The molecule has 1 rings (SSSR count). The summed E-state index contributed by atoms with van der Waals surface area (Å²) in [7, 11) is 0. The molecule has 0 radical (unpaired) electrons. The predicted octanol–water partition coefficient (Wildman–Crippen LogP) is 2.98. The van der Waals surface area contributed by atoms with Crippen LogP contribution in [-0.4, -0.2) is 19.8 Å². The van der Waals surface area contributed by atoms with E-state index < -0.39 is 0 Å². The first-order chi connectivity index (χ1) is 8.19. The van der Waals surface area contributed by atoms with Crippen LogP contribution in [0.2, 0.25) is 0 Å². The summed E-state index contributed by atoms with van der Waals surface area (Å²) < 4.78 is 11.0. The van der Waals surface area contributed by atoms with Crippen molar-refractivity contribution in [1.29, 1.82) is 5.26 Å². The molecule has 0 unspecified atom stereocenters. The maximum absolute atomic E-state index is 8.84. The number of hydrogen-bond donors (Lipinski definition) is 0. The average molecular weight is 233 g/mol. The van der Waals surface area contributed by atoms with Gasteiger partial charge in [-0.1, -0.05) is 6.92 Å². The first-order valence-electron chi connectivity index (χ1n) is 5.91. The van der Waals surface area contributed by atoms with Gasteiger partial charge in [-0.15, -0.1) is 0 Å². The number of aryl methyl sites for hydroxylation is 2. The van der Waals surface area contributed by atoms with Gasteiger partial charge in [0.2, 0.25) is 0 Å². The van der Waals surface area contributed by atoms with Gasteiger partial charge >= 0.3 is 0 Å². The van der Waals surface area contributed by atoms with Crippen molar-refractivity contribution < 1.29 is 9.47 Å². The van der Waals surface area contributed by atoms with Crippen LogP contribution < -0.4 is 4.74 Å². The monoisotopic (exact) mass is 233 g/mol. The molecule has 0 saturated carbocycles. The highest BCUT2D eigenvalue weighted by Crippen LogP contribution is 2.24. The minimum Gasteiger partial charge on any atom is -0.491 e. The van der Waals surface area contributed by atoms with Gasteiger partial charge in [0.05, 0.1) is 18.2 Å². The smallest absolute Gasteiger partial charge is 0.125 e. The molecule has 0 spiro atoms. The number of benzene rings is 1. The Balaban J connectivity index is 2.57. The Morgan fingerprint density at radius 2 is 1.76 bits per heavy atom. The van der Waals surface area contributed by atoms with Crippen LogP contribution in [-0.2, 0) is 4.74 Å². The maximum atomic E-state index is 8.84. The zero-order valence-corrected chi connectivity index (χ0v) is 10.7. The van der Waals surface area contributed by atoms with E-state index in [4.69, 9.17) is 14.7 Å². The average Bonchev–Trinajstić information content (AvgIpc) is 2.31. The lowest BCUT2D eigenvalue weighted by atomic mass is 10.1. The van der Waals surface area contributed by atoms with Crippen molar-refractivity contribution in [1.82, 2.24) is 0 Å². The Bertz CT molecular complexity index is 384. The molecule has 0 aromatic heterocycles. The van der Waals surface area contributed by atoms with E-state index in [0.29, 0.717) is 18.8 Å². The number of rotatable bonds is 6. The minimum atomic E-state index is 0.549. The van der Waals surface area contributed by atoms with E-state index in [1.807, 2.05) is 26.0 Å². The van der Waals surface area contributed by atoms with Crippen molar-refractivity contribution in [3.63, 3.8) is 0 Å². The molecule has 1 aromatic carbocycles. The molecular weight excluding hydrogens is 214 g/mol. The quantitative estimate of drug-likeness (QED) is 0.709. The molecule has 3 heteroatoms. The van der Waals surface area contributed by atoms with Crippen LogP contribution in [0.4, 0.5) is 0 Å². The van der Waals surface area contributed by atoms with Crippen LogP contribution in [0.3, 0.4) is 0 Å². The SMILES string of the molecule is CCCOCCOc1c(C)cc(C#N)cc1C. The van der Waals surface area contributed by atoms with Crippen LogP contribution in [0.25, 0.3) is 0 Å². The van der Waals surface area contributed by atoms with E-state index in [2.05, 4.69) is 13.0 Å². The van der Waals surface area contributed by atoms with Crippen LogP contribution in [0, 0.1) is 25.2 Å². The van der Waals surface area contributed by atoms with Gasteiger partial charge < -0.3 is 9.47 Å². The minimum absolute atomic E-state index is 0.549. The van der Waals surface area contributed by atoms with E-state index in [1.165, 1.54) is 0 Å². The van der Waals surface area contributed by atoms with E-state index in [0.717, 1.165) is 29.9 Å². The molecule has 0 aliphatic carbocycles. The Morgan fingerprint density at radius 1 is 1.12 bits per heavy atom. The summed E-state index contributed by atoms with van der Waals surface area (Å²) in [5.41, 5.74) is 2.67. The molecule has 0 bridgehead atoms. The van der Waals surface area contributed by atoms with E-state index in [-0.39, 0.29) is 0 Å². The van der Waals surface area contributed by atoms with Gasteiger partial charge in [-0.3, -0.25) is 0 Å². The summed E-state index contributed by atoms with van der Waals surface area (Å²) in [4.78, 5) is 0. The number of nitriles is 1. The van der Waals surface area contributed by atoms with Crippen molar-refractivity contribution in [3.05, 3.63) is 28.8 Å². The Hall–Kier alpha value is -1.53. The van der Waals surface area contributed by atoms with Crippen LogP contribution in [0.15, 0.2) is 12.1 Å². The standard InChI is InChI=1S/C14H19NO2/c1-4-5-16-6-7-17-14-11(2)8-13(10-15)9-12(14)3/h8-9H,4-7H2,1-3H3. The lowest BCUT2D eigenvalue weighted by Gasteiger charge is -2.12. The van der Waals surface area contributed by atoms with Gasteiger partial charge in [0.1, 0.15) is 12.4 Å². The molecule has 0 amide bonds. The van der Waals surface area contributed by atoms with Gasteiger partial charge in [-0.05, 0) is 43.5 Å². The van der Waals surface area contributed by atoms with Gasteiger partial charge in [0.25, 0.3) is 0 Å². The first kappa shape index (κ1) is 13.5. The summed E-state index contributed by atoms with van der Waals surface area (Å²) in [6, 6.07) is 5.82. The second-order valence-electron chi connectivity index (χ2n) is 4.01. The summed E-state index contributed by atoms with van der Waals surface area (Å²) >= 11 is 0. The molecule has 0 heterocycles. The fourth-order valence-corrected chi connectivity index (χ4v) is 1.69. The van der Waals surface area contributed by atoms with Crippen LogP contribution in [0.1, 0.15) is 30.0 Å². The second kappa shape index (κ2) is 6.93. The number of hydrogen-bond acceptors (Lipinski definition) is 3. The van der Waals surface area contributed by atoms with Gasteiger partial charge in [-0.25, -0.2) is 0 Å². The molecule has 0 aliphatic rings. The lowest BCUT2D eigenvalue weighted by Crippen LogP contribution is -2.08. The molecule has 0 aliphatic heterocycles. The Labute approximate surface area is 103 Å².